The topological polar surface area (TPSA) is 68.3 Å². The zero-order chi connectivity index (χ0) is 19.2. The van der Waals surface area contributed by atoms with Crippen LogP contribution in [0.2, 0.25) is 0 Å². The van der Waals surface area contributed by atoms with Crippen LogP contribution in [0.5, 0.6) is 11.5 Å². The van der Waals surface area contributed by atoms with Gasteiger partial charge in [0.2, 0.25) is 0 Å². The van der Waals surface area contributed by atoms with E-state index in [4.69, 9.17) is 21.7 Å². The number of nitrogens with zero attached hydrogens (tertiary/aromatic N) is 1. The maximum atomic E-state index is 12.6. The van der Waals surface area contributed by atoms with Gasteiger partial charge < -0.3 is 19.8 Å². The van der Waals surface area contributed by atoms with Crippen molar-refractivity contribution < 1.29 is 14.3 Å². The number of amides is 1. The molecule has 1 amide bonds. The van der Waals surface area contributed by atoms with Gasteiger partial charge in [-0.05, 0) is 48.5 Å². The third kappa shape index (κ3) is 4.20. The van der Waals surface area contributed by atoms with Crippen LogP contribution in [0.15, 0.2) is 54.7 Å². The van der Waals surface area contributed by atoms with Crippen LogP contribution in [0.25, 0.3) is 5.69 Å². The molecule has 0 aliphatic heterocycles. The largest absolute Gasteiger partial charge is 0.493 e. The fourth-order valence-electron chi connectivity index (χ4n) is 2.82. The summed E-state index contributed by atoms with van der Waals surface area (Å²) in [5.41, 5.74) is 2.36. The highest BCUT2D eigenvalue weighted by Crippen LogP contribution is 2.27. The number of aromatic nitrogens is 2. The molecule has 0 saturated carbocycles. The van der Waals surface area contributed by atoms with Crippen molar-refractivity contribution in [2.75, 3.05) is 20.8 Å². The van der Waals surface area contributed by atoms with Gasteiger partial charge >= 0.3 is 0 Å². The quantitative estimate of drug-likeness (QED) is 0.613. The Bertz CT molecular complexity index is 980. The van der Waals surface area contributed by atoms with Gasteiger partial charge in [0.15, 0.2) is 16.3 Å². The molecule has 7 heteroatoms. The minimum atomic E-state index is -0.188. The first-order chi connectivity index (χ1) is 13.1. The molecule has 0 spiro atoms. The first-order valence-electron chi connectivity index (χ1n) is 8.49. The minimum absolute atomic E-state index is 0.188. The number of H-pyrrole nitrogens is 1. The molecule has 0 saturated heterocycles. The smallest absolute Gasteiger partial charge is 0.269 e. The van der Waals surface area contributed by atoms with E-state index in [1.807, 2.05) is 48.5 Å². The van der Waals surface area contributed by atoms with E-state index in [9.17, 15) is 4.79 Å². The van der Waals surface area contributed by atoms with E-state index in [1.165, 1.54) is 0 Å². The van der Waals surface area contributed by atoms with E-state index in [0.29, 0.717) is 34.9 Å². The number of carbonyl (C=O) groups is 1. The van der Waals surface area contributed by atoms with Crippen molar-refractivity contribution in [3.05, 3.63) is 70.8 Å². The van der Waals surface area contributed by atoms with E-state index in [1.54, 1.807) is 25.0 Å². The summed E-state index contributed by atoms with van der Waals surface area (Å²) in [6.45, 7) is 0.487. The highest BCUT2D eigenvalue weighted by molar-refractivity contribution is 7.71. The molecule has 0 fully saturated rings. The van der Waals surface area contributed by atoms with Crippen molar-refractivity contribution in [2.45, 2.75) is 6.42 Å². The number of hydrogen-bond acceptors (Lipinski definition) is 4. The van der Waals surface area contributed by atoms with Crippen molar-refractivity contribution in [1.82, 2.24) is 14.9 Å². The number of nitrogens with one attached hydrogen (secondary N) is 2. The second-order valence-corrected chi connectivity index (χ2v) is 6.23. The zero-order valence-electron chi connectivity index (χ0n) is 15.2. The van der Waals surface area contributed by atoms with Crippen molar-refractivity contribution >= 4 is 18.1 Å². The Labute approximate surface area is 162 Å². The molecule has 0 aliphatic carbocycles. The maximum Gasteiger partial charge on any atom is 0.269 e. The fourth-order valence-corrected chi connectivity index (χ4v) is 3.08. The van der Waals surface area contributed by atoms with Gasteiger partial charge in [-0.25, -0.2) is 0 Å². The molecule has 1 heterocycles. The van der Waals surface area contributed by atoms with E-state index >= 15 is 0 Å². The molecule has 3 aromatic rings. The van der Waals surface area contributed by atoms with Crippen molar-refractivity contribution in [1.29, 1.82) is 0 Å². The Morgan fingerprint density at radius 1 is 1.11 bits per heavy atom. The van der Waals surface area contributed by atoms with Crippen LogP contribution in [0, 0.1) is 4.77 Å². The lowest BCUT2D eigenvalue weighted by Gasteiger charge is -2.11. The Morgan fingerprint density at radius 2 is 1.85 bits per heavy atom. The molecule has 1 aromatic heterocycles. The van der Waals surface area contributed by atoms with E-state index in [2.05, 4.69) is 10.3 Å². The number of imidazole rings is 1. The van der Waals surface area contributed by atoms with Gasteiger partial charge in [0, 0.05) is 18.4 Å². The second kappa shape index (κ2) is 8.55. The normalized spacial score (nSPS) is 10.4. The first-order valence-corrected chi connectivity index (χ1v) is 8.90. The summed E-state index contributed by atoms with van der Waals surface area (Å²) in [4.78, 5) is 15.6. The monoisotopic (exact) mass is 383 g/mol. The first kappa shape index (κ1) is 18.7. The Kier molecular flexibility index (Phi) is 5.93. The molecule has 0 unspecified atom stereocenters. The lowest BCUT2D eigenvalue weighted by atomic mass is 10.1. The molecule has 140 valence electrons. The van der Waals surface area contributed by atoms with Gasteiger partial charge in [-0.3, -0.25) is 9.36 Å². The Hall–Kier alpha value is -3.06. The highest BCUT2D eigenvalue weighted by Gasteiger charge is 2.14. The lowest BCUT2D eigenvalue weighted by Crippen LogP contribution is -2.27. The molecule has 0 radical (unpaired) electrons. The SMILES string of the molecule is COc1ccc(CCNC(=O)c2c[nH]c(=S)n2-c2ccccc2)cc1OC. The molecule has 0 bridgehead atoms. The van der Waals surface area contributed by atoms with Crippen LogP contribution in [-0.4, -0.2) is 36.2 Å². The number of methoxy groups -OCH3 is 2. The summed E-state index contributed by atoms with van der Waals surface area (Å²) < 4.78 is 12.7. The Balaban J connectivity index is 1.68. The van der Waals surface area contributed by atoms with Crippen molar-refractivity contribution in [2.24, 2.45) is 0 Å². The molecule has 2 aromatic carbocycles. The molecule has 6 nitrogen and oxygen atoms in total. The molecule has 3 rings (SSSR count). The second-order valence-electron chi connectivity index (χ2n) is 5.85. The maximum absolute atomic E-state index is 12.6. The number of para-hydroxylation sites is 1. The Morgan fingerprint density at radius 3 is 2.56 bits per heavy atom. The third-order valence-electron chi connectivity index (χ3n) is 4.17. The summed E-state index contributed by atoms with van der Waals surface area (Å²) in [5, 5.41) is 2.94. The van der Waals surface area contributed by atoms with E-state index in [-0.39, 0.29) is 5.91 Å². The lowest BCUT2D eigenvalue weighted by molar-refractivity contribution is 0.0947. The summed E-state index contributed by atoms with van der Waals surface area (Å²) in [6, 6.07) is 15.3. The molecule has 2 N–H and O–H groups in total. The van der Waals surface area contributed by atoms with Crippen LogP contribution >= 0.6 is 12.2 Å². The van der Waals surface area contributed by atoms with Crippen molar-refractivity contribution in [3.8, 4) is 17.2 Å². The summed E-state index contributed by atoms with van der Waals surface area (Å²) >= 11 is 5.32. The predicted octanol–water partition coefficient (Wildman–Crippen LogP) is 3.52. The van der Waals surface area contributed by atoms with Gasteiger partial charge in [0.1, 0.15) is 5.69 Å². The summed E-state index contributed by atoms with van der Waals surface area (Å²) in [7, 11) is 3.20. The van der Waals surface area contributed by atoms with Gasteiger partial charge in [0.05, 0.1) is 14.2 Å². The third-order valence-corrected chi connectivity index (χ3v) is 4.47. The van der Waals surface area contributed by atoms with Crippen LogP contribution in [-0.2, 0) is 6.42 Å². The van der Waals surface area contributed by atoms with Gasteiger partial charge in [-0.2, -0.15) is 0 Å². The van der Waals surface area contributed by atoms with Crippen LogP contribution in [0.4, 0.5) is 0 Å². The molecule has 27 heavy (non-hydrogen) atoms. The average Bonchev–Trinajstić information content (AvgIpc) is 3.10. The highest BCUT2D eigenvalue weighted by atomic mass is 32.1. The van der Waals surface area contributed by atoms with E-state index in [0.717, 1.165) is 11.3 Å². The number of benzene rings is 2. The predicted molar refractivity (Wildman–Crippen MR) is 107 cm³/mol. The number of ether oxygens (including phenoxy) is 2. The molecular weight excluding hydrogens is 362 g/mol. The van der Waals surface area contributed by atoms with Crippen LogP contribution < -0.4 is 14.8 Å². The van der Waals surface area contributed by atoms with Gasteiger partial charge in [-0.15, -0.1) is 0 Å². The number of carbonyl (C=O) groups excluding carboxylic acids is 1. The molecule has 0 atom stereocenters. The van der Waals surface area contributed by atoms with Gasteiger partial charge in [0.25, 0.3) is 5.91 Å². The summed E-state index contributed by atoms with van der Waals surface area (Å²) in [6.07, 6.45) is 2.30. The average molecular weight is 383 g/mol. The number of aromatic amines is 1. The van der Waals surface area contributed by atoms with Crippen molar-refractivity contribution in [3.63, 3.8) is 0 Å². The molecule has 0 aliphatic rings. The van der Waals surface area contributed by atoms with Gasteiger partial charge in [-0.1, -0.05) is 24.3 Å². The van der Waals surface area contributed by atoms with Crippen LogP contribution in [0.3, 0.4) is 0 Å². The molecular formula is C20H21N3O3S. The zero-order valence-corrected chi connectivity index (χ0v) is 16.0. The minimum Gasteiger partial charge on any atom is -0.493 e. The van der Waals surface area contributed by atoms with Crippen LogP contribution in [0.1, 0.15) is 16.1 Å². The number of hydrogen-bond donors (Lipinski definition) is 2. The fraction of sp³-hybridized carbons (Fsp3) is 0.200. The summed E-state index contributed by atoms with van der Waals surface area (Å²) in [5.74, 6) is 1.16. The van der Waals surface area contributed by atoms with E-state index < -0.39 is 0 Å². The standard InChI is InChI=1S/C20H21N3O3S/c1-25-17-9-8-14(12-18(17)26-2)10-11-21-19(24)16-13-22-20(27)23(16)15-6-4-3-5-7-15/h3-9,12-13H,10-11H2,1-2H3,(H,21,24)(H,22,27). The number of rotatable bonds is 7.